The molecule has 0 fully saturated rings. The minimum atomic E-state index is -0.293. The SMILES string of the molecule is COC(=O)CC(=S)c1ccccc1C. The summed E-state index contributed by atoms with van der Waals surface area (Å²) in [7, 11) is 1.36. The van der Waals surface area contributed by atoms with E-state index >= 15 is 0 Å². The van der Waals surface area contributed by atoms with E-state index in [4.69, 9.17) is 12.2 Å². The Kier molecular flexibility index (Phi) is 3.77. The predicted molar refractivity (Wildman–Crippen MR) is 59.5 cm³/mol. The summed E-state index contributed by atoms with van der Waals surface area (Å²) in [6.45, 7) is 1.97. The number of carbonyl (C=O) groups is 1. The summed E-state index contributed by atoms with van der Waals surface area (Å²) in [6, 6.07) is 7.74. The normalized spacial score (nSPS) is 9.57. The summed E-state index contributed by atoms with van der Waals surface area (Å²) in [5.41, 5.74) is 2.04. The number of ether oxygens (including phenoxy) is 1. The van der Waals surface area contributed by atoms with Crippen molar-refractivity contribution < 1.29 is 9.53 Å². The molecule has 0 radical (unpaired) electrons. The molecule has 0 aromatic heterocycles. The molecule has 1 aromatic carbocycles. The van der Waals surface area contributed by atoms with E-state index in [0.29, 0.717) is 4.86 Å². The van der Waals surface area contributed by atoms with Gasteiger partial charge in [-0.2, -0.15) is 0 Å². The molecule has 3 heteroatoms. The molecule has 0 N–H and O–H groups in total. The number of carbonyl (C=O) groups excluding carboxylic acids is 1. The topological polar surface area (TPSA) is 26.3 Å². The number of esters is 1. The molecule has 2 nitrogen and oxygen atoms in total. The van der Waals surface area contributed by atoms with E-state index in [-0.39, 0.29) is 12.4 Å². The lowest BCUT2D eigenvalue weighted by Crippen LogP contribution is -2.09. The monoisotopic (exact) mass is 208 g/mol. The third-order valence-electron chi connectivity index (χ3n) is 1.98. The highest BCUT2D eigenvalue weighted by Gasteiger charge is 2.09. The van der Waals surface area contributed by atoms with Gasteiger partial charge in [0, 0.05) is 4.86 Å². The van der Waals surface area contributed by atoms with Crippen molar-refractivity contribution in [1.29, 1.82) is 0 Å². The molecule has 0 aliphatic heterocycles. The minimum absolute atomic E-state index is 0.177. The van der Waals surface area contributed by atoms with Gasteiger partial charge >= 0.3 is 5.97 Å². The van der Waals surface area contributed by atoms with E-state index in [1.54, 1.807) is 0 Å². The first kappa shape index (κ1) is 10.9. The van der Waals surface area contributed by atoms with Crippen molar-refractivity contribution in [3.8, 4) is 0 Å². The molecular formula is C11H12O2S. The number of methoxy groups -OCH3 is 1. The summed E-state index contributed by atoms with van der Waals surface area (Å²) in [4.78, 5) is 11.6. The lowest BCUT2D eigenvalue weighted by atomic mass is 10.0. The first-order valence-corrected chi connectivity index (χ1v) is 4.71. The Morgan fingerprint density at radius 2 is 2.07 bits per heavy atom. The molecule has 0 atom stereocenters. The van der Waals surface area contributed by atoms with Gasteiger partial charge in [0.25, 0.3) is 0 Å². The maximum atomic E-state index is 11.0. The Bertz CT molecular complexity index is 358. The van der Waals surface area contributed by atoms with Crippen LogP contribution in [0.1, 0.15) is 17.5 Å². The van der Waals surface area contributed by atoms with Crippen LogP contribution in [0.2, 0.25) is 0 Å². The minimum Gasteiger partial charge on any atom is -0.469 e. The second-order valence-corrected chi connectivity index (χ2v) is 3.48. The van der Waals surface area contributed by atoms with E-state index in [9.17, 15) is 4.79 Å². The molecular weight excluding hydrogens is 196 g/mol. The molecule has 0 saturated carbocycles. The number of thiocarbonyl (C=S) groups is 1. The van der Waals surface area contributed by atoms with E-state index < -0.39 is 0 Å². The second-order valence-electron chi connectivity index (χ2n) is 2.99. The number of hydrogen-bond donors (Lipinski definition) is 0. The van der Waals surface area contributed by atoms with Crippen molar-refractivity contribution in [3.05, 3.63) is 35.4 Å². The fourth-order valence-electron chi connectivity index (χ4n) is 1.18. The lowest BCUT2D eigenvalue weighted by Gasteiger charge is -2.05. The van der Waals surface area contributed by atoms with Crippen LogP contribution in [0.25, 0.3) is 0 Å². The zero-order valence-electron chi connectivity index (χ0n) is 8.24. The van der Waals surface area contributed by atoms with Crippen molar-refractivity contribution in [1.82, 2.24) is 0 Å². The van der Waals surface area contributed by atoms with E-state index in [1.165, 1.54) is 7.11 Å². The standard InChI is InChI=1S/C11H12O2S/c1-8-5-3-4-6-9(8)10(14)7-11(12)13-2/h3-6H,7H2,1-2H3. The van der Waals surface area contributed by atoms with Crippen LogP contribution in [-0.4, -0.2) is 17.9 Å². The number of aryl methyl sites for hydroxylation is 1. The molecule has 0 unspecified atom stereocenters. The predicted octanol–water partition coefficient (Wildman–Crippen LogP) is 2.28. The summed E-state index contributed by atoms with van der Waals surface area (Å²) in [6.07, 6.45) is 0.177. The largest absolute Gasteiger partial charge is 0.469 e. The molecule has 1 aromatic rings. The van der Waals surface area contributed by atoms with Crippen LogP contribution < -0.4 is 0 Å². The van der Waals surface area contributed by atoms with Gasteiger partial charge in [0.1, 0.15) is 0 Å². The van der Waals surface area contributed by atoms with E-state index in [2.05, 4.69) is 4.74 Å². The summed E-state index contributed by atoms with van der Waals surface area (Å²) in [5, 5.41) is 0. The Hall–Kier alpha value is -1.22. The number of rotatable bonds is 3. The molecule has 0 heterocycles. The molecule has 0 amide bonds. The van der Waals surface area contributed by atoms with Crippen LogP contribution >= 0.6 is 12.2 Å². The average Bonchev–Trinajstić information content (AvgIpc) is 2.18. The fraction of sp³-hybridized carbons (Fsp3) is 0.273. The Morgan fingerprint density at radius 3 is 2.64 bits per heavy atom. The summed E-state index contributed by atoms with van der Waals surface area (Å²) in [5.74, 6) is -0.293. The summed E-state index contributed by atoms with van der Waals surface area (Å²) < 4.78 is 4.56. The highest BCUT2D eigenvalue weighted by molar-refractivity contribution is 7.80. The first-order valence-electron chi connectivity index (χ1n) is 4.31. The van der Waals surface area contributed by atoms with Gasteiger partial charge in [0.2, 0.25) is 0 Å². The van der Waals surface area contributed by atoms with E-state index in [0.717, 1.165) is 11.1 Å². The molecule has 14 heavy (non-hydrogen) atoms. The smallest absolute Gasteiger partial charge is 0.310 e. The van der Waals surface area contributed by atoms with Crippen LogP contribution in [0.5, 0.6) is 0 Å². The van der Waals surface area contributed by atoms with Crippen LogP contribution in [0.4, 0.5) is 0 Å². The van der Waals surface area contributed by atoms with Crippen LogP contribution in [0.3, 0.4) is 0 Å². The Balaban J connectivity index is 2.80. The highest BCUT2D eigenvalue weighted by Crippen LogP contribution is 2.11. The van der Waals surface area contributed by atoms with Gasteiger partial charge in [0.05, 0.1) is 13.5 Å². The van der Waals surface area contributed by atoms with Crippen molar-refractivity contribution in [2.45, 2.75) is 13.3 Å². The van der Waals surface area contributed by atoms with E-state index in [1.807, 2.05) is 31.2 Å². The fourth-order valence-corrected chi connectivity index (χ4v) is 1.53. The van der Waals surface area contributed by atoms with Gasteiger partial charge in [-0.15, -0.1) is 0 Å². The zero-order chi connectivity index (χ0) is 10.6. The molecule has 0 bridgehead atoms. The quantitative estimate of drug-likeness (QED) is 0.433. The van der Waals surface area contributed by atoms with Crippen LogP contribution in [-0.2, 0) is 9.53 Å². The second kappa shape index (κ2) is 4.86. The summed E-state index contributed by atoms with van der Waals surface area (Å²) >= 11 is 5.15. The third-order valence-corrected chi connectivity index (χ3v) is 2.34. The van der Waals surface area contributed by atoms with Crippen molar-refractivity contribution in [2.24, 2.45) is 0 Å². The number of benzene rings is 1. The van der Waals surface area contributed by atoms with Gasteiger partial charge in [-0.05, 0) is 18.1 Å². The maximum Gasteiger partial charge on any atom is 0.310 e. The van der Waals surface area contributed by atoms with Gasteiger partial charge < -0.3 is 4.74 Å². The van der Waals surface area contributed by atoms with Gasteiger partial charge in [-0.3, -0.25) is 4.79 Å². The molecule has 0 spiro atoms. The Morgan fingerprint density at radius 1 is 1.43 bits per heavy atom. The Labute approximate surface area is 88.9 Å². The molecule has 74 valence electrons. The maximum absolute atomic E-state index is 11.0. The molecule has 0 saturated heterocycles. The van der Waals surface area contributed by atoms with Gasteiger partial charge in [-0.1, -0.05) is 36.5 Å². The van der Waals surface area contributed by atoms with Crippen molar-refractivity contribution in [3.63, 3.8) is 0 Å². The third kappa shape index (κ3) is 2.64. The first-order chi connectivity index (χ1) is 6.65. The van der Waals surface area contributed by atoms with Crippen LogP contribution in [0.15, 0.2) is 24.3 Å². The lowest BCUT2D eigenvalue weighted by molar-refractivity contribution is -0.139. The van der Waals surface area contributed by atoms with Crippen molar-refractivity contribution >= 4 is 23.1 Å². The number of hydrogen-bond acceptors (Lipinski definition) is 3. The molecule has 0 aliphatic carbocycles. The van der Waals surface area contributed by atoms with Crippen LogP contribution in [0, 0.1) is 6.92 Å². The highest BCUT2D eigenvalue weighted by atomic mass is 32.1. The molecule has 0 aliphatic rings. The zero-order valence-corrected chi connectivity index (χ0v) is 9.06. The average molecular weight is 208 g/mol. The molecule has 1 rings (SSSR count). The van der Waals surface area contributed by atoms with Crippen molar-refractivity contribution in [2.75, 3.05) is 7.11 Å². The van der Waals surface area contributed by atoms with Gasteiger partial charge in [-0.25, -0.2) is 0 Å². The van der Waals surface area contributed by atoms with Gasteiger partial charge in [0.15, 0.2) is 0 Å².